The number of fused-ring (bicyclic) bond motifs is 1. The van der Waals surface area contributed by atoms with Crippen LogP contribution in [0.1, 0.15) is 32.8 Å². The molecule has 9 nitrogen and oxygen atoms in total. The van der Waals surface area contributed by atoms with Crippen molar-refractivity contribution in [1.82, 2.24) is 20.2 Å². The van der Waals surface area contributed by atoms with Crippen molar-refractivity contribution < 1.29 is 14.3 Å². The van der Waals surface area contributed by atoms with Gasteiger partial charge in [-0.2, -0.15) is 4.68 Å². The third-order valence-electron chi connectivity index (χ3n) is 4.76. The fourth-order valence-corrected chi connectivity index (χ4v) is 5.43. The molecule has 0 aliphatic heterocycles. The van der Waals surface area contributed by atoms with Gasteiger partial charge in [-0.05, 0) is 59.9 Å². The second-order valence-electron chi connectivity index (χ2n) is 6.81. The van der Waals surface area contributed by atoms with Gasteiger partial charge >= 0.3 is 0 Å². The Hall–Kier alpha value is -2.92. The molecule has 0 saturated heterocycles. The molecular formula is C19H20N6O3S2. The molecule has 3 aromatic rings. The Morgan fingerprint density at radius 3 is 2.97 bits per heavy atom. The minimum absolute atomic E-state index is 0.0786. The lowest BCUT2D eigenvalue weighted by Gasteiger charge is -2.10. The number of ether oxygens (including phenoxy) is 1. The van der Waals surface area contributed by atoms with Crippen LogP contribution < -0.4 is 15.8 Å². The minimum atomic E-state index is -0.507. The normalized spacial score (nSPS) is 12.6. The van der Waals surface area contributed by atoms with E-state index in [2.05, 4.69) is 20.8 Å². The number of nitrogens with two attached hydrogens (primary N) is 1. The summed E-state index contributed by atoms with van der Waals surface area (Å²) in [6, 6.07) is 5.68. The number of hydrogen-bond acceptors (Lipinski definition) is 8. The lowest BCUT2D eigenvalue weighted by atomic mass is 10.1. The number of thioether (sulfide) groups is 1. The summed E-state index contributed by atoms with van der Waals surface area (Å²) in [7, 11) is 1.58. The van der Waals surface area contributed by atoms with Crippen molar-refractivity contribution in [3.63, 3.8) is 0 Å². The zero-order valence-corrected chi connectivity index (χ0v) is 18.1. The number of nitrogens with one attached hydrogen (secondary N) is 1. The summed E-state index contributed by atoms with van der Waals surface area (Å²) in [5, 5.41) is 15.6. The van der Waals surface area contributed by atoms with Crippen LogP contribution in [0.15, 0.2) is 23.4 Å². The Kier molecular flexibility index (Phi) is 5.73. The summed E-state index contributed by atoms with van der Waals surface area (Å²) in [4.78, 5) is 25.6. The predicted molar refractivity (Wildman–Crippen MR) is 115 cm³/mol. The van der Waals surface area contributed by atoms with Gasteiger partial charge in [-0.1, -0.05) is 17.8 Å². The number of hydrogen-bond donors (Lipinski definition) is 2. The van der Waals surface area contributed by atoms with E-state index in [1.54, 1.807) is 7.11 Å². The summed E-state index contributed by atoms with van der Waals surface area (Å²) < 4.78 is 6.94. The highest BCUT2D eigenvalue weighted by molar-refractivity contribution is 7.99. The van der Waals surface area contributed by atoms with Crippen LogP contribution in [0.25, 0.3) is 5.69 Å². The number of thiophene rings is 1. The molecule has 0 radical (unpaired) electrons. The van der Waals surface area contributed by atoms with Gasteiger partial charge in [-0.15, -0.1) is 16.4 Å². The number of nitrogens with zero attached hydrogens (tertiary/aromatic N) is 4. The van der Waals surface area contributed by atoms with Crippen LogP contribution in [0.2, 0.25) is 0 Å². The van der Waals surface area contributed by atoms with Crippen molar-refractivity contribution in [3.05, 3.63) is 39.8 Å². The summed E-state index contributed by atoms with van der Waals surface area (Å²) in [6.07, 6.45) is 2.75. The van der Waals surface area contributed by atoms with E-state index in [1.165, 1.54) is 27.8 Å². The van der Waals surface area contributed by atoms with E-state index in [9.17, 15) is 9.59 Å². The molecule has 30 heavy (non-hydrogen) atoms. The third-order valence-corrected chi connectivity index (χ3v) is 6.88. The number of anilines is 1. The summed E-state index contributed by atoms with van der Waals surface area (Å²) in [6.45, 7) is 1.96. The van der Waals surface area contributed by atoms with Gasteiger partial charge in [0.25, 0.3) is 5.91 Å². The topological polar surface area (TPSA) is 125 Å². The molecule has 2 aromatic heterocycles. The van der Waals surface area contributed by atoms with E-state index in [-0.39, 0.29) is 11.7 Å². The molecule has 0 spiro atoms. The fourth-order valence-electron chi connectivity index (χ4n) is 3.43. The van der Waals surface area contributed by atoms with E-state index in [0.717, 1.165) is 35.3 Å². The Balaban J connectivity index is 1.49. The first-order chi connectivity index (χ1) is 14.5. The zero-order valence-electron chi connectivity index (χ0n) is 16.5. The maximum atomic E-state index is 12.6. The first-order valence-electron chi connectivity index (χ1n) is 9.28. The van der Waals surface area contributed by atoms with E-state index in [1.807, 2.05) is 25.1 Å². The molecule has 0 fully saturated rings. The number of benzene rings is 1. The highest BCUT2D eigenvalue weighted by Gasteiger charge is 2.26. The number of amides is 2. The van der Waals surface area contributed by atoms with Crippen molar-refractivity contribution in [1.29, 1.82) is 0 Å². The molecule has 156 valence electrons. The first-order valence-corrected chi connectivity index (χ1v) is 11.1. The molecule has 0 atom stereocenters. The molecule has 3 N–H and O–H groups in total. The quantitative estimate of drug-likeness (QED) is 0.536. The lowest BCUT2D eigenvalue weighted by Crippen LogP contribution is -2.19. The first kappa shape index (κ1) is 20.4. The zero-order chi connectivity index (χ0) is 21.3. The number of aryl methyl sites for hydroxylation is 2. The Bertz CT molecular complexity index is 1120. The van der Waals surface area contributed by atoms with Crippen molar-refractivity contribution in [2.45, 2.75) is 31.3 Å². The van der Waals surface area contributed by atoms with E-state index in [4.69, 9.17) is 10.5 Å². The van der Waals surface area contributed by atoms with Gasteiger partial charge < -0.3 is 15.8 Å². The van der Waals surface area contributed by atoms with E-state index < -0.39 is 5.91 Å². The number of tetrazole rings is 1. The lowest BCUT2D eigenvalue weighted by molar-refractivity contribution is -0.113. The molecule has 4 rings (SSSR count). The number of methoxy groups -OCH3 is 1. The van der Waals surface area contributed by atoms with Gasteiger partial charge in [0.05, 0.1) is 18.4 Å². The van der Waals surface area contributed by atoms with Crippen molar-refractivity contribution in [3.8, 4) is 11.4 Å². The van der Waals surface area contributed by atoms with Gasteiger partial charge in [0.2, 0.25) is 11.1 Å². The molecule has 11 heteroatoms. The number of rotatable bonds is 7. The fraction of sp³-hybridized carbons (Fsp3) is 0.316. The largest absolute Gasteiger partial charge is 0.494 e. The van der Waals surface area contributed by atoms with E-state index >= 15 is 0 Å². The molecule has 2 heterocycles. The van der Waals surface area contributed by atoms with Crippen molar-refractivity contribution in [2.24, 2.45) is 5.73 Å². The van der Waals surface area contributed by atoms with Gasteiger partial charge in [0.15, 0.2) is 0 Å². The Morgan fingerprint density at radius 1 is 1.37 bits per heavy atom. The van der Waals surface area contributed by atoms with Crippen LogP contribution >= 0.6 is 23.1 Å². The highest BCUT2D eigenvalue weighted by atomic mass is 32.2. The van der Waals surface area contributed by atoms with Crippen LogP contribution in [0.3, 0.4) is 0 Å². The average Bonchev–Trinajstić information content (AvgIpc) is 3.41. The standard InChI is InChI=1S/C19H20N6O3S2/c1-10-6-7-13(28-2)12(8-10)25-19(22-23-24-25)29-9-15(26)21-18-16(17(20)27)11-4-3-5-14(11)30-18/h6-8H,3-5,9H2,1-2H3,(H2,20,27)(H,21,26). The summed E-state index contributed by atoms with van der Waals surface area (Å²) >= 11 is 2.62. The van der Waals surface area contributed by atoms with Crippen LogP contribution in [0.5, 0.6) is 5.75 Å². The Labute approximate surface area is 181 Å². The monoisotopic (exact) mass is 444 g/mol. The maximum absolute atomic E-state index is 12.6. The molecule has 0 saturated carbocycles. The molecule has 1 aliphatic carbocycles. The number of aromatic nitrogens is 4. The Morgan fingerprint density at radius 2 is 2.20 bits per heavy atom. The molecule has 2 amide bonds. The van der Waals surface area contributed by atoms with Crippen LogP contribution in [0, 0.1) is 6.92 Å². The van der Waals surface area contributed by atoms with Gasteiger partial charge in [0, 0.05) is 4.88 Å². The van der Waals surface area contributed by atoms with Crippen molar-refractivity contribution >= 4 is 39.9 Å². The third kappa shape index (κ3) is 3.90. The van der Waals surface area contributed by atoms with Gasteiger partial charge in [-0.3, -0.25) is 9.59 Å². The number of primary amides is 1. The van der Waals surface area contributed by atoms with Gasteiger partial charge in [0.1, 0.15) is 16.4 Å². The van der Waals surface area contributed by atoms with Crippen LogP contribution in [-0.4, -0.2) is 44.9 Å². The SMILES string of the molecule is COc1ccc(C)cc1-n1nnnc1SCC(=O)Nc1sc2c(c1C(N)=O)CCC2. The molecular weight excluding hydrogens is 424 g/mol. The molecule has 1 aromatic carbocycles. The van der Waals surface area contributed by atoms with Gasteiger partial charge in [-0.25, -0.2) is 0 Å². The molecule has 0 unspecified atom stereocenters. The minimum Gasteiger partial charge on any atom is -0.494 e. The number of carbonyl (C=O) groups is 2. The van der Waals surface area contributed by atoms with Crippen molar-refractivity contribution in [2.75, 3.05) is 18.2 Å². The predicted octanol–water partition coefficient (Wildman–Crippen LogP) is 2.36. The second kappa shape index (κ2) is 8.44. The molecule has 0 bridgehead atoms. The van der Waals surface area contributed by atoms with E-state index in [0.29, 0.717) is 27.2 Å². The average molecular weight is 445 g/mol. The summed E-state index contributed by atoms with van der Waals surface area (Å²) in [5.41, 5.74) is 8.69. The second-order valence-corrected chi connectivity index (χ2v) is 8.86. The smallest absolute Gasteiger partial charge is 0.251 e. The molecule has 1 aliphatic rings. The van der Waals surface area contributed by atoms with Crippen LogP contribution in [-0.2, 0) is 17.6 Å². The van der Waals surface area contributed by atoms with Crippen LogP contribution in [0.4, 0.5) is 5.00 Å². The maximum Gasteiger partial charge on any atom is 0.251 e. The highest BCUT2D eigenvalue weighted by Crippen LogP contribution is 2.39. The summed E-state index contributed by atoms with van der Waals surface area (Å²) in [5.74, 6) is -0.0608. The number of carbonyl (C=O) groups excluding carboxylic acids is 2.